The number of carbonyl (C=O) groups is 12. The number of carboxylic acid groups (broad SMARTS) is 2. The van der Waals surface area contributed by atoms with E-state index in [0.29, 0.717) is 44.9 Å². The third-order valence-corrected chi connectivity index (χ3v) is 18.5. The molecular weight excluding hydrogens is 1350 g/mol. The first-order chi connectivity index (χ1) is 48.9. The zero-order valence-electron chi connectivity index (χ0n) is 61.9. The largest absolute Gasteiger partial charge is 0.481 e. The second-order valence-corrected chi connectivity index (χ2v) is 29.1. The summed E-state index contributed by atoms with van der Waals surface area (Å²) in [5, 5.41) is 37.8. The maximum Gasteiger partial charge on any atom is 0.326 e. The number of benzene rings is 1. The van der Waals surface area contributed by atoms with Crippen molar-refractivity contribution >= 4 is 86.3 Å². The Bertz CT molecular complexity index is 2870. The molecule has 0 aliphatic rings. The minimum Gasteiger partial charge on any atom is -0.481 e. The summed E-state index contributed by atoms with van der Waals surface area (Å²) in [6.45, 7) is 9.63. The van der Waals surface area contributed by atoms with Gasteiger partial charge in [0.15, 0.2) is 11.6 Å². The number of nitrogens with one attached hydrogen (secondary N) is 5. The number of nitrogens with two attached hydrogens (primary N) is 2. The lowest BCUT2D eigenvalue weighted by atomic mass is 9.78. The minimum atomic E-state index is -3.87. The molecule has 0 aliphatic heterocycles. The second-order valence-electron chi connectivity index (χ2n) is 27.6. The van der Waals surface area contributed by atoms with Gasteiger partial charge >= 0.3 is 11.9 Å². The summed E-state index contributed by atoms with van der Waals surface area (Å²) in [6, 6.07) is 5.10. The molecular formula is C74H127N7O21S. The lowest BCUT2D eigenvalue weighted by Crippen LogP contribution is -2.44. The van der Waals surface area contributed by atoms with Crippen molar-refractivity contribution in [1.82, 2.24) is 21.3 Å². The van der Waals surface area contributed by atoms with E-state index >= 15 is 0 Å². The van der Waals surface area contributed by atoms with E-state index in [0.717, 1.165) is 81.8 Å². The summed E-state index contributed by atoms with van der Waals surface area (Å²) in [5.74, 6) is -12.2. The average Bonchev–Trinajstić information content (AvgIpc) is 0.867. The van der Waals surface area contributed by atoms with Gasteiger partial charge in [-0.15, -0.1) is 0 Å². The van der Waals surface area contributed by atoms with Crippen LogP contribution in [0.1, 0.15) is 234 Å². The lowest BCUT2D eigenvalue weighted by Gasteiger charge is -2.26. The van der Waals surface area contributed by atoms with E-state index in [1.165, 1.54) is 6.92 Å². The molecule has 12 N–H and O–H groups in total. The Hall–Kier alpha value is -6.92. The highest BCUT2D eigenvalue weighted by molar-refractivity contribution is 7.85. The number of primary amides is 1. The molecule has 590 valence electrons. The quantitative estimate of drug-likeness (QED) is 0.0127. The van der Waals surface area contributed by atoms with Gasteiger partial charge in [0.05, 0.1) is 56.6 Å². The smallest absolute Gasteiger partial charge is 0.326 e. The van der Waals surface area contributed by atoms with E-state index < -0.39 is 112 Å². The maximum absolute atomic E-state index is 14.0. The molecule has 29 heteroatoms. The molecule has 0 radical (unpaired) electrons. The Balaban J connectivity index is 0. The van der Waals surface area contributed by atoms with E-state index in [-0.39, 0.29) is 180 Å². The number of hydrogen-bond acceptors (Lipinski definition) is 19. The van der Waals surface area contributed by atoms with Gasteiger partial charge in [-0.2, -0.15) is 8.42 Å². The predicted molar refractivity (Wildman–Crippen MR) is 392 cm³/mol. The number of aliphatic carboxylic acids is 2. The molecule has 1 unspecified atom stereocenters. The van der Waals surface area contributed by atoms with Crippen molar-refractivity contribution in [3.8, 4) is 0 Å². The topological polar surface area (TPSA) is 461 Å². The van der Waals surface area contributed by atoms with Crippen LogP contribution in [0.15, 0.2) is 24.3 Å². The Morgan fingerprint density at radius 3 is 1.63 bits per heavy atom. The van der Waals surface area contributed by atoms with Crippen molar-refractivity contribution in [2.24, 2.45) is 47.0 Å². The number of carboxylic acids is 2. The highest BCUT2D eigenvalue weighted by Crippen LogP contribution is 2.28. The van der Waals surface area contributed by atoms with Gasteiger partial charge in [-0.25, -0.2) is 4.79 Å². The number of amidine groups is 1. The number of carbonyl (C=O) groups excluding carboxylic acids is 10. The summed E-state index contributed by atoms with van der Waals surface area (Å²) in [6.07, 6.45) is 14.4. The van der Waals surface area contributed by atoms with Crippen LogP contribution in [0.2, 0.25) is 0 Å². The molecule has 0 fully saturated rings. The molecule has 0 aliphatic carbocycles. The maximum atomic E-state index is 14.0. The second kappa shape index (κ2) is 56.5. The summed E-state index contributed by atoms with van der Waals surface area (Å²) in [4.78, 5) is 155. The van der Waals surface area contributed by atoms with Gasteiger partial charge in [-0.1, -0.05) is 134 Å². The van der Waals surface area contributed by atoms with Crippen molar-refractivity contribution in [3.05, 3.63) is 35.4 Å². The first-order valence-electron chi connectivity index (χ1n) is 37.0. The van der Waals surface area contributed by atoms with Crippen molar-refractivity contribution in [2.75, 3.05) is 71.7 Å². The number of amides is 5. The van der Waals surface area contributed by atoms with Gasteiger partial charge in [0.2, 0.25) is 29.5 Å². The van der Waals surface area contributed by atoms with Crippen molar-refractivity contribution in [2.45, 2.75) is 246 Å². The molecule has 7 atom stereocenters. The van der Waals surface area contributed by atoms with E-state index in [9.17, 15) is 76.2 Å². The van der Waals surface area contributed by atoms with Crippen LogP contribution in [0.3, 0.4) is 0 Å². The van der Waals surface area contributed by atoms with Crippen molar-refractivity contribution < 1.29 is 103 Å². The standard InChI is InChI=1S/C74H123N7O21S.2H2/c1-52(2)44-61(83)46-57(64(84)48-59(73(92)93)49-69(88)80-55(5)71(90)54(4)62(26-18-19-27-66(75)76)65(85)47-58(72(77)91)45-56-31-29-53(3)30-32-56)24-20-21-35-78-70(89)51-102-42-39-99-37-23-25-60(82)50-101-41-40-100-38-36-79-67(86)34-33-63(74(94)95)81-68(87)28-17-15-13-11-9-7-6-8-10-12-14-16-22-43-103(96,97)98;;/h29-32,52,54-55,57-59,62-63H,6-28,33-51H2,1-5H3,(H3,75,76)(H2,77,91)(H,78,89)(H,79,86)(H,80,88)(H,81,87)(H,92,93)(H,94,95)(H,96,97,98);2*1H/t54?,55-,57+,58+,59-,62+,63-;;/m0../s1. The van der Waals surface area contributed by atoms with Crippen LogP contribution in [0, 0.1) is 47.8 Å². The number of ketones is 5. The zero-order valence-corrected chi connectivity index (χ0v) is 62.7. The van der Waals surface area contributed by atoms with Crippen LogP contribution in [-0.2, 0) is 93.0 Å². The van der Waals surface area contributed by atoms with E-state index in [2.05, 4.69) is 21.3 Å². The van der Waals surface area contributed by atoms with Crippen LogP contribution in [0.25, 0.3) is 0 Å². The fourth-order valence-electron chi connectivity index (χ4n) is 11.8. The highest BCUT2D eigenvalue weighted by Gasteiger charge is 2.36. The average molecular weight is 1480 g/mol. The number of aryl methyl sites for hydroxylation is 1. The van der Waals surface area contributed by atoms with Crippen LogP contribution in [0.4, 0.5) is 0 Å². The van der Waals surface area contributed by atoms with E-state index in [1.807, 2.05) is 45.0 Å². The molecule has 103 heavy (non-hydrogen) atoms. The summed E-state index contributed by atoms with van der Waals surface area (Å²) >= 11 is 0. The van der Waals surface area contributed by atoms with Crippen LogP contribution >= 0.6 is 0 Å². The highest BCUT2D eigenvalue weighted by atomic mass is 32.2. The summed E-state index contributed by atoms with van der Waals surface area (Å²) < 4.78 is 52.0. The van der Waals surface area contributed by atoms with Crippen LogP contribution in [-0.4, -0.2) is 183 Å². The third kappa shape index (κ3) is 50.2. The van der Waals surface area contributed by atoms with Gasteiger partial charge in [-0.3, -0.25) is 62.7 Å². The van der Waals surface area contributed by atoms with Gasteiger partial charge in [0, 0.05) is 104 Å². The number of Topliss-reactive ketones (excluding diaryl/α,β-unsaturated/α-hetero) is 5. The number of unbranched alkanes of at least 4 members (excludes halogenated alkanes) is 14. The van der Waals surface area contributed by atoms with Crippen molar-refractivity contribution in [3.63, 3.8) is 0 Å². The zero-order chi connectivity index (χ0) is 77.0. The lowest BCUT2D eigenvalue weighted by molar-refractivity contribution is -0.146. The Morgan fingerprint density at radius 2 is 1.05 bits per heavy atom. The molecule has 28 nitrogen and oxygen atoms in total. The Labute approximate surface area is 612 Å². The molecule has 1 aromatic rings. The first kappa shape index (κ1) is 94.1. The molecule has 0 saturated carbocycles. The molecule has 0 bridgehead atoms. The number of hydrogen-bond donors (Lipinski definition) is 10. The SMILES string of the molecule is Cc1ccc(C[C@H](CC(=O)[C@H](CCCCC(=N)N)C(C)C(=O)[C@H](C)NC(=O)C[C@H](CC(=O)[C@H](CCCCNC(=O)COCCOCCCC(=O)COCCOCCNC(=O)CC[C@H](NC(=O)CCCCCCCCCCCCCCCS(=O)(=O)O)C(=O)O)CC(=O)CC(C)C)C(=O)O)C(N)=O)cc1.[HH].[HH]. The third-order valence-electron chi connectivity index (χ3n) is 17.7. The monoisotopic (exact) mass is 1480 g/mol. The number of rotatable bonds is 68. The Kier molecular flexibility index (Phi) is 51.6. The van der Waals surface area contributed by atoms with Gasteiger partial charge in [-0.05, 0) is 83.1 Å². The van der Waals surface area contributed by atoms with Gasteiger partial charge in [0.1, 0.15) is 36.6 Å². The van der Waals surface area contributed by atoms with E-state index in [1.54, 1.807) is 6.92 Å². The van der Waals surface area contributed by atoms with E-state index in [4.69, 9.17) is 40.4 Å². The molecule has 0 spiro atoms. The van der Waals surface area contributed by atoms with Gasteiger partial charge < -0.3 is 61.9 Å². The fraction of sp³-hybridized carbons (Fsp3) is 0.743. The molecule has 0 saturated heterocycles. The van der Waals surface area contributed by atoms with Crippen molar-refractivity contribution in [1.29, 1.82) is 5.41 Å². The van der Waals surface area contributed by atoms with Crippen LogP contribution in [0.5, 0.6) is 0 Å². The Morgan fingerprint density at radius 1 is 0.495 bits per heavy atom. The summed E-state index contributed by atoms with van der Waals surface area (Å²) in [7, 11) is -3.87. The molecule has 1 aromatic carbocycles. The fourth-order valence-corrected chi connectivity index (χ4v) is 12.3. The predicted octanol–water partition coefficient (Wildman–Crippen LogP) is 8.10. The van der Waals surface area contributed by atoms with Gasteiger partial charge in [0.25, 0.3) is 10.1 Å². The minimum absolute atomic E-state index is 0. The molecule has 0 aromatic heterocycles. The number of ether oxygens (including phenoxy) is 4. The van der Waals surface area contributed by atoms with Crippen LogP contribution < -0.4 is 32.7 Å². The first-order valence-corrected chi connectivity index (χ1v) is 38.6. The summed E-state index contributed by atoms with van der Waals surface area (Å²) in [5.41, 5.74) is 13.1. The normalized spacial score (nSPS) is 13.5. The molecule has 0 heterocycles. The molecule has 1 rings (SSSR count). The molecule has 5 amide bonds.